The highest BCUT2D eigenvalue weighted by Gasteiger charge is 2.38. The molecule has 2 amide bonds. The van der Waals surface area contributed by atoms with Gasteiger partial charge in [-0.05, 0) is 27.7 Å². The van der Waals surface area contributed by atoms with Gasteiger partial charge in [0.15, 0.2) is 0 Å². The van der Waals surface area contributed by atoms with Crippen LogP contribution >= 0.6 is 0 Å². The summed E-state index contributed by atoms with van der Waals surface area (Å²) in [5, 5.41) is 13.5. The number of nitrogens with zero attached hydrogens (tertiary/aromatic N) is 4. The van der Waals surface area contributed by atoms with E-state index in [1.54, 1.807) is 15.8 Å². The molecule has 0 spiro atoms. The molecule has 25 heavy (non-hydrogen) atoms. The molecule has 9 heteroatoms. The van der Waals surface area contributed by atoms with E-state index in [0.717, 1.165) is 5.69 Å². The van der Waals surface area contributed by atoms with E-state index in [4.69, 9.17) is 9.47 Å². The lowest BCUT2D eigenvalue weighted by molar-refractivity contribution is 0.00913. The molecule has 2 atom stereocenters. The van der Waals surface area contributed by atoms with Crippen molar-refractivity contribution in [2.24, 2.45) is 0 Å². The van der Waals surface area contributed by atoms with Crippen molar-refractivity contribution in [3.05, 3.63) is 11.9 Å². The first-order valence-corrected chi connectivity index (χ1v) is 8.33. The number of amides is 2. The minimum Gasteiger partial charge on any atom is -0.444 e. The summed E-state index contributed by atoms with van der Waals surface area (Å²) in [5.41, 5.74) is 0.769. The summed E-state index contributed by atoms with van der Waals surface area (Å²) < 4.78 is 12.4. The van der Waals surface area contributed by atoms with Crippen LogP contribution in [-0.4, -0.2) is 62.9 Å². The summed E-state index contributed by atoms with van der Waals surface area (Å²) in [4.78, 5) is 27.6. The highest BCUT2D eigenvalue weighted by Crippen LogP contribution is 2.30. The summed E-state index contributed by atoms with van der Waals surface area (Å²) in [5.74, 6) is 0. The van der Waals surface area contributed by atoms with Gasteiger partial charge in [-0.15, -0.1) is 0 Å². The third kappa shape index (κ3) is 3.41. The van der Waals surface area contributed by atoms with E-state index in [1.807, 2.05) is 27.7 Å². The first-order valence-electron chi connectivity index (χ1n) is 8.33. The van der Waals surface area contributed by atoms with Gasteiger partial charge in [-0.2, -0.15) is 5.10 Å². The Kier molecular flexibility index (Phi) is 4.36. The molecule has 0 saturated carbocycles. The second-order valence-electron chi connectivity index (χ2n) is 7.41. The lowest BCUT2D eigenvalue weighted by Crippen LogP contribution is -2.47. The molecule has 2 aliphatic rings. The number of fused-ring (bicyclic) bond motifs is 1. The number of aliphatic hydroxyl groups excluding tert-OH is 1. The number of carbonyl (C=O) groups excluding carboxylic acids is 2. The van der Waals surface area contributed by atoms with Crippen LogP contribution in [0.2, 0.25) is 0 Å². The zero-order valence-electron chi connectivity index (χ0n) is 14.9. The lowest BCUT2D eigenvalue weighted by Gasteiger charge is -2.35. The summed E-state index contributed by atoms with van der Waals surface area (Å²) in [7, 11) is 0. The maximum atomic E-state index is 12.5. The van der Waals surface area contributed by atoms with Gasteiger partial charge in [0.1, 0.15) is 11.7 Å². The van der Waals surface area contributed by atoms with Gasteiger partial charge in [0.05, 0.1) is 49.9 Å². The minimum atomic E-state index is -0.579. The molecule has 1 aromatic rings. The third-order valence-corrected chi connectivity index (χ3v) is 4.21. The largest absolute Gasteiger partial charge is 0.444 e. The molecular formula is C16H24N4O5. The summed E-state index contributed by atoms with van der Waals surface area (Å²) in [6, 6.07) is -0.0779. The Labute approximate surface area is 146 Å². The third-order valence-electron chi connectivity index (χ3n) is 4.21. The van der Waals surface area contributed by atoms with Crippen molar-refractivity contribution in [1.29, 1.82) is 0 Å². The average Bonchev–Trinajstić information content (AvgIpc) is 3.07. The van der Waals surface area contributed by atoms with Crippen LogP contribution in [0.4, 0.5) is 15.3 Å². The summed E-state index contributed by atoms with van der Waals surface area (Å²) in [6.45, 7) is 8.24. The van der Waals surface area contributed by atoms with Crippen LogP contribution in [0.25, 0.3) is 0 Å². The molecule has 1 aromatic heterocycles. The summed E-state index contributed by atoms with van der Waals surface area (Å²) >= 11 is 0. The minimum absolute atomic E-state index is 0.0779. The number of cyclic esters (lactones) is 1. The van der Waals surface area contributed by atoms with Crippen molar-refractivity contribution in [2.75, 3.05) is 18.1 Å². The number of aliphatic hydroxyl groups is 1. The Bertz CT molecular complexity index is 681. The van der Waals surface area contributed by atoms with Gasteiger partial charge in [0.25, 0.3) is 0 Å². The number of ether oxygens (including phenoxy) is 2. The van der Waals surface area contributed by atoms with Crippen LogP contribution in [0.1, 0.15) is 33.4 Å². The standard InChI is InChI=1S/C16H24N4O5/c1-10-6-20-13(8-18(10)15(23)25-16(2,3)4)12(5-17-20)19-7-11(9-21)24-14(19)22/h5,10-11,21H,6-9H2,1-4H3/t10-,11?/m0/s1. The first kappa shape index (κ1) is 17.5. The number of hydrogen-bond acceptors (Lipinski definition) is 6. The van der Waals surface area contributed by atoms with Crippen LogP contribution in [0.15, 0.2) is 6.20 Å². The quantitative estimate of drug-likeness (QED) is 0.863. The van der Waals surface area contributed by atoms with Crippen LogP contribution in [0, 0.1) is 0 Å². The number of aromatic nitrogens is 2. The van der Waals surface area contributed by atoms with Gasteiger partial charge in [0, 0.05) is 0 Å². The second-order valence-corrected chi connectivity index (χ2v) is 7.41. The van der Waals surface area contributed by atoms with Crippen molar-refractivity contribution in [1.82, 2.24) is 14.7 Å². The smallest absolute Gasteiger partial charge is 0.414 e. The molecule has 1 saturated heterocycles. The van der Waals surface area contributed by atoms with E-state index < -0.39 is 23.9 Å². The Morgan fingerprint density at radius 3 is 2.76 bits per heavy atom. The molecule has 0 aromatic carbocycles. The molecular weight excluding hydrogens is 328 g/mol. The predicted molar refractivity (Wildman–Crippen MR) is 88.2 cm³/mol. The molecule has 1 N–H and O–H groups in total. The molecule has 2 aliphatic heterocycles. The van der Waals surface area contributed by atoms with Crippen molar-refractivity contribution in [2.45, 2.75) is 58.5 Å². The summed E-state index contributed by atoms with van der Waals surface area (Å²) in [6.07, 6.45) is 0.141. The van der Waals surface area contributed by atoms with Gasteiger partial charge >= 0.3 is 12.2 Å². The fraction of sp³-hybridized carbons (Fsp3) is 0.688. The van der Waals surface area contributed by atoms with Gasteiger partial charge in [-0.25, -0.2) is 9.59 Å². The van der Waals surface area contributed by atoms with E-state index in [2.05, 4.69) is 5.10 Å². The zero-order valence-corrected chi connectivity index (χ0v) is 14.9. The zero-order chi connectivity index (χ0) is 18.4. The normalized spacial score (nSPS) is 23.5. The van der Waals surface area contributed by atoms with Gasteiger partial charge in [-0.3, -0.25) is 14.5 Å². The molecule has 1 fully saturated rings. The van der Waals surface area contributed by atoms with Crippen LogP contribution in [0.3, 0.4) is 0 Å². The highest BCUT2D eigenvalue weighted by atomic mass is 16.6. The van der Waals surface area contributed by atoms with Crippen molar-refractivity contribution >= 4 is 17.9 Å². The van der Waals surface area contributed by atoms with Crippen LogP contribution in [0.5, 0.6) is 0 Å². The predicted octanol–water partition coefficient (Wildman–Crippen LogP) is 1.34. The molecule has 3 heterocycles. The highest BCUT2D eigenvalue weighted by molar-refractivity contribution is 5.90. The van der Waals surface area contributed by atoms with Crippen molar-refractivity contribution in [3.8, 4) is 0 Å². The number of rotatable bonds is 2. The molecule has 3 rings (SSSR count). The Morgan fingerprint density at radius 1 is 1.44 bits per heavy atom. The number of carbonyl (C=O) groups is 2. The van der Waals surface area contributed by atoms with Gasteiger partial charge in [-0.1, -0.05) is 0 Å². The van der Waals surface area contributed by atoms with Gasteiger partial charge < -0.3 is 14.6 Å². The van der Waals surface area contributed by atoms with Crippen molar-refractivity contribution in [3.63, 3.8) is 0 Å². The van der Waals surface area contributed by atoms with E-state index in [0.29, 0.717) is 18.8 Å². The van der Waals surface area contributed by atoms with Crippen LogP contribution < -0.4 is 4.90 Å². The molecule has 138 valence electrons. The lowest BCUT2D eigenvalue weighted by atomic mass is 10.1. The Morgan fingerprint density at radius 2 is 2.16 bits per heavy atom. The fourth-order valence-electron chi connectivity index (χ4n) is 2.99. The number of hydrogen-bond donors (Lipinski definition) is 1. The Hall–Kier alpha value is -2.29. The van der Waals surface area contributed by atoms with Gasteiger partial charge in [0.2, 0.25) is 0 Å². The number of anilines is 1. The van der Waals surface area contributed by atoms with Crippen molar-refractivity contribution < 1.29 is 24.2 Å². The fourth-order valence-corrected chi connectivity index (χ4v) is 2.99. The van der Waals surface area contributed by atoms with Crippen LogP contribution in [-0.2, 0) is 22.6 Å². The maximum Gasteiger partial charge on any atom is 0.414 e. The monoisotopic (exact) mass is 352 g/mol. The Balaban J connectivity index is 1.83. The molecule has 9 nitrogen and oxygen atoms in total. The molecule has 0 bridgehead atoms. The topological polar surface area (TPSA) is 97.1 Å². The second kappa shape index (κ2) is 6.21. The van der Waals surface area contributed by atoms with E-state index in [-0.39, 0.29) is 19.2 Å². The molecule has 1 unspecified atom stereocenters. The van der Waals surface area contributed by atoms with E-state index in [1.165, 1.54) is 4.90 Å². The molecule has 0 aliphatic carbocycles. The van der Waals surface area contributed by atoms with E-state index in [9.17, 15) is 14.7 Å². The average molecular weight is 352 g/mol. The maximum absolute atomic E-state index is 12.5. The van der Waals surface area contributed by atoms with E-state index >= 15 is 0 Å². The first-order chi connectivity index (χ1) is 11.7. The molecule has 0 radical (unpaired) electrons. The SMILES string of the molecule is C[C@H]1Cn2ncc(N3CC(CO)OC3=O)c2CN1C(=O)OC(C)(C)C.